The van der Waals surface area contributed by atoms with Crippen molar-refractivity contribution in [1.82, 2.24) is 10.6 Å². The molecule has 6 N–H and O–H groups in total. The molecule has 0 aromatic heterocycles. The maximum Gasteiger partial charge on any atom is 0.258 e. The van der Waals surface area contributed by atoms with Crippen molar-refractivity contribution < 1.29 is 27.1 Å². The van der Waals surface area contributed by atoms with E-state index < -0.39 is 38.9 Å². The highest BCUT2D eigenvalue weighted by Crippen LogP contribution is 2.29. The zero-order chi connectivity index (χ0) is 25.2. The van der Waals surface area contributed by atoms with E-state index in [4.69, 9.17) is 5.14 Å². The number of sulfonamides is 1. The van der Waals surface area contributed by atoms with Gasteiger partial charge >= 0.3 is 0 Å². The van der Waals surface area contributed by atoms with Crippen LogP contribution in [0.25, 0.3) is 0 Å². The lowest BCUT2D eigenvalue weighted by Gasteiger charge is -2.35. The van der Waals surface area contributed by atoms with E-state index in [1.54, 1.807) is 4.90 Å². The molecule has 0 radical (unpaired) electrons. The number of halogens is 2. The van der Waals surface area contributed by atoms with Crippen molar-refractivity contribution in [1.29, 1.82) is 0 Å². The molecule has 10 nitrogen and oxygen atoms in total. The maximum atomic E-state index is 14.9. The van der Waals surface area contributed by atoms with Crippen molar-refractivity contribution >= 4 is 33.3 Å². The summed E-state index contributed by atoms with van der Waals surface area (Å²) in [4.78, 5) is 18.3. The fourth-order valence-corrected chi connectivity index (χ4v) is 4.57. The summed E-state index contributed by atoms with van der Waals surface area (Å²) in [5.74, 6) is -3.26. The summed E-state index contributed by atoms with van der Waals surface area (Å²) in [7, 11) is -4.10. The monoisotopic (exact) mass is 508 g/mol. The minimum absolute atomic E-state index is 0.0460. The third-order valence-corrected chi connectivity index (χ3v) is 6.84. The summed E-state index contributed by atoms with van der Waals surface area (Å²) in [5, 5.41) is 23.7. The van der Waals surface area contributed by atoms with Crippen LogP contribution in [0.2, 0.25) is 0 Å². The molecule has 2 aliphatic heterocycles. The molecule has 0 saturated carbocycles. The fourth-order valence-electron chi connectivity index (χ4n) is 4.03. The molecule has 2 aromatic rings. The molecule has 0 bridgehead atoms. The van der Waals surface area contributed by atoms with Gasteiger partial charge in [0.25, 0.3) is 5.91 Å². The molecule has 0 aliphatic carbocycles. The molecule has 13 heteroatoms. The minimum atomic E-state index is -4.10. The third-order valence-electron chi connectivity index (χ3n) is 5.93. The van der Waals surface area contributed by atoms with E-state index in [2.05, 4.69) is 20.9 Å². The topological polar surface area (TPSA) is 149 Å². The van der Waals surface area contributed by atoms with Gasteiger partial charge in [-0.1, -0.05) is 0 Å². The van der Waals surface area contributed by atoms with Gasteiger partial charge in [-0.25, -0.2) is 22.3 Å². The summed E-state index contributed by atoms with van der Waals surface area (Å²) in [6.07, 6.45) is 2.39. The summed E-state index contributed by atoms with van der Waals surface area (Å²) in [5.41, 5.74) is -0.855. The SMILES string of the molecule is NS(=O)(=O)c1ccc(O)c(NC(=O)c2ccc(N3CCC(NC4=NCCCN4)CC3)c(F)c2F)c1. The van der Waals surface area contributed by atoms with Crippen LogP contribution in [0.1, 0.15) is 29.6 Å². The quantitative estimate of drug-likeness (QED) is 0.384. The standard InChI is InChI=1S/C22H26F2N6O4S/c23-19-15(21(32)29-16-12-14(35(25,33)34)2-5-18(16)31)3-4-17(20(19)24)30-10-6-13(7-11-30)28-22-26-8-1-9-27-22/h2-5,12-13,31H,1,6-11H2,(H,29,32)(H2,25,33,34)(H2,26,27,28). The first kappa shape index (κ1) is 24.7. The van der Waals surface area contributed by atoms with Crippen molar-refractivity contribution in [2.24, 2.45) is 10.1 Å². The summed E-state index contributed by atoms with van der Waals surface area (Å²) < 4.78 is 52.8. The van der Waals surface area contributed by atoms with Crippen LogP contribution >= 0.6 is 0 Å². The number of amides is 1. The Balaban J connectivity index is 1.45. The molecule has 1 amide bonds. The maximum absolute atomic E-state index is 14.9. The molecule has 4 rings (SSSR count). The minimum Gasteiger partial charge on any atom is -0.506 e. The molecule has 35 heavy (non-hydrogen) atoms. The number of benzene rings is 2. The Morgan fingerprint density at radius 1 is 1.17 bits per heavy atom. The number of phenolic OH excluding ortho intramolecular Hbond substituents is 1. The van der Waals surface area contributed by atoms with Crippen molar-refractivity contribution in [3.8, 4) is 5.75 Å². The lowest BCUT2D eigenvalue weighted by atomic mass is 10.0. The first-order chi connectivity index (χ1) is 16.6. The second-order valence-electron chi connectivity index (χ2n) is 8.35. The Hall–Kier alpha value is -3.45. The number of carbonyl (C=O) groups is 1. The third kappa shape index (κ3) is 5.62. The zero-order valence-corrected chi connectivity index (χ0v) is 19.5. The van der Waals surface area contributed by atoms with Gasteiger partial charge in [0.05, 0.1) is 21.8 Å². The van der Waals surface area contributed by atoms with E-state index in [0.717, 1.165) is 49.7 Å². The van der Waals surface area contributed by atoms with Crippen LogP contribution in [-0.2, 0) is 10.0 Å². The number of carbonyl (C=O) groups excluding carboxylic acids is 1. The number of aliphatic imine (C=N–C) groups is 1. The number of hydrogen-bond acceptors (Lipinski definition) is 8. The predicted octanol–water partition coefficient (Wildman–Crippen LogP) is 1.48. The van der Waals surface area contributed by atoms with Gasteiger partial charge in [0.2, 0.25) is 10.0 Å². The first-order valence-corrected chi connectivity index (χ1v) is 12.6. The van der Waals surface area contributed by atoms with Crippen LogP contribution in [0.5, 0.6) is 5.75 Å². The number of hydrogen-bond donors (Lipinski definition) is 5. The fraction of sp³-hybridized carbons (Fsp3) is 0.364. The number of primary sulfonamides is 1. The predicted molar refractivity (Wildman–Crippen MR) is 127 cm³/mol. The zero-order valence-electron chi connectivity index (χ0n) is 18.7. The Labute approximate surface area is 201 Å². The van der Waals surface area contributed by atoms with E-state index in [1.165, 1.54) is 6.07 Å². The van der Waals surface area contributed by atoms with Gasteiger partial charge in [0.1, 0.15) is 5.75 Å². The lowest BCUT2D eigenvalue weighted by Crippen LogP contribution is -2.50. The van der Waals surface area contributed by atoms with Crippen LogP contribution in [0.3, 0.4) is 0 Å². The molecule has 2 aliphatic rings. The van der Waals surface area contributed by atoms with Crippen molar-refractivity contribution in [3.63, 3.8) is 0 Å². The molecular weight excluding hydrogens is 482 g/mol. The molecule has 0 atom stereocenters. The number of aromatic hydroxyl groups is 1. The largest absolute Gasteiger partial charge is 0.506 e. The summed E-state index contributed by atoms with van der Waals surface area (Å²) in [6, 6.07) is 5.63. The number of phenols is 1. The first-order valence-electron chi connectivity index (χ1n) is 11.1. The second kappa shape index (κ2) is 10.0. The summed E-state index contributed by atoms with van der Waals surface area (Å²) in [6.45, 7) is 2.62. The highest BCUT2D eigenvalue weighted by Gasteiger charge is 2.26. The van der Waals surface area contributed by atoms with Crippen molar-refractivity contribution in [2.75, 3.05) is 36.4 Å². The van der Waals surface area contributed by atoms with Crippen LogP contribution in [0.15, 0.2) is 40.2 Å². The molecular formula is C22H26F2N6O4S. The van der Waals surface area contributed by atoms with Crippen molar-refractivity contribution in [2.45, 2.75) is 30.2 Å². The Bertz CT molecular complexity index is 1260. The smallest absolute Gasteiger partial charge is 0.258 e. The van der Waals surface area contributed by atoms with E-state index in [1.807, 2.05) is 0 Å². The number of rotatable bonds is 5. The Morgan fingerprint density at radius 3 is 2.57 bits per heavy atom. The van der Waals surface area contributed by atoms with E-state index in [9.17, 15) is 27.1 Å². The summed E-state index contributed by atoms with van der Waals surface area (Å²) >= 11 is 0. The second-order valence-corrected chi connectivity index (χ2v) is 9.92. The molecule has 1 fully saturated rings. The van der Waals surface area contributed by atoms with Crippen LogP contribution < -0.4 is 26.0 Å². The number of nitrogens with two attached hydrogens (primary N) is 1. The van der Waals surface area contributed by atoms with Gasteiger partial charge in [0.15, 0.2) is 17.6 Å². The highest BCUT2D eigenvalue weighted by molar-refractivity contribution is 7.89. The van der Waals surface area contributed by atoms with Gasteiger partial charge < -0.3 is 26.0 Å². The molecule has 2 aromatic carbocycles. The van der Waals surface area contributed by atoms with Gasteiger partial charge in [0, 0.05) is 32.2 Å². The van der Waals surface area contributed by atoms with E-state index in [-0.39, 0.29) is 22.3 Å². The number of anilines is 2. The Kier molecular flexibility index (Phi) is 7.08. The van der Waals surface area contributed by atoms with Crippen LogP contribution in [0, 0.1) is 11.6 Å². The number of piperidine rings is 1. The number of guanidine groups is 1. The average Bonchev–Trinajstić information content (AvgIpc) is 2.83. The molecule has 2 heterocycles. The van der Waals surface area contributed by atoms with E-state index in [0.29, 0.717) is 25.9 Å². The average molecular weight is 509 g/mol. The normalized spacial score (nSPS) is 16.9. The van der Waals surface area contributed by atoms with Gasteiger partial charge in [-0.05, 0) is 49.6 Å². The molecule has 0 unspecified atom stereocenters. The molecule has 0 spiro atoms. The molecule has 188 valence electrons. The lowest BCUT2D eigenvalue weighted by molar-refractivity contribution is 0.102. The number of nitrogens with one attached hydrogen (secondary N) is 3. The Morgan fingerprint density at radius 2 is 1.91 bits per heavy atom. The highest BCUT2D eigenvalue weighted by atomic mass is 32.2. The van der Waals surface area contributed by atoms with E-state index >= 15 is 0 Å². The van der Waals surface area contributed by atoms with Crippen LogP contribution in [0.4, 0.5) is 20.2 Å². The van der Waals surface area contributed by atoms with Crippen LogP contribution in [-0.4, -0.2) is 57.6 Å². The van der Waals surface area contributed by atoms with Gasteiger partial charge in [-0.2, -0.15) is 0 Å². The number of nitrogens with zero attached hydrogens (tertiary/aromatic N) is 2. The van der Waals surface area contributed by atoms with Gasteiger partial charge in [-0.3, -0.25) is 9.79 Å². The molecule has 1 saturated heterocycles. The van der Waals surface area contributed by atoms with Crippen molar-refractivity contribution in [3.05, 3.63) is 47.5 Å². The van der Waals surface area contributed by atoms with Gasteiger partial charge in [-0.15, -0.1) is 0 Å².